The lowest BCUT2D eigenvalue weighted by Crippen LogP contribution is -2.29. The minimum absolute atomic E-state index is 0.272. The van der Waals surface area contributed by atoms with E-state index in [9.17, 15) is 4.39 Å². The quantitative estimate of drug-likeness (QED) is 0.664. The van der Waals surface area contributed by atoms with Crippen LogP contribution in [0.1, 0.15) is 17.2 Å². The molecule has 94 valence electrons. The summed E-state index contributed by atoms with van der Waals surface area (Å²) in [6, 6.07) is 11.4. The maximum absolute atomic E-state index is 12.9. The van der Waals surface area contributed by atoms with Crippen molar-refractivity contribution < 1.29 is 4.39 Å². The number of halogens is 3. The molecule has 0 amide bonds. The van der Waals surface area contributed by atoms with Gasteiger partial charge in [0.25, 0.3) is 0 Å². The molecule has 3 N–H and O–H groups in total. The van der Waals surface area contributed by atoms with E-state index >= 15 is 0 Å². The van der Waals surface area contributed by atoms with E-state index in [1.165, 1.54) is 12.1 Å². The van der Waals surface area contributed by atoms with Gasteiger partial charge in [-0.25, -0.2) is 9.82 Å². The lowest BCUT2D eigenvalue weighted by Gasteiger charge is -2.18. The molecule has 0 saturated carbocycles. The van der Waals surface area contributed by atoms with Gasteiger partial charge in [0, 0.05) is 9.50 Å². The summed E-state index contributed by atoms with van der Waals surface area (Å²) < 4.78 is 13.8. The van der Waals surface area contributed by atoms with Crippen molar-refractivity contribution in [1.29, 1.82) is 0 Å². The SMILES string of the molecule is NNC(c1ccc(F)cc1)c1ccc(Br)cc1Cl. The molecule has 0 spiro atoms. The van der Waals surface area contributed by atoms with Crippen molar-refractivity contribution in [2.45, 2.75) is 6.04 Å². The fourth-order valence-corrected chi connectivity index (χ4v) is 2.54. The Balaban J connectivity index is 2.41. The molecule has 2 nitrogen and oxygen atoms in total. The first-order chi connectivity index (χ1) is 8.61. The number of hydrazine groups is 1. The van der Waals surface area contributed by atoms with E-state index in [4.69, 9.17) is 17.4 Å². The Bertz CT molecular complexity index is 545. The van der Waals surface area contributed by atoms with E-state index < -0.39 is 0 Å². The summed E-state index contributed by atoms with van der Waals surface area (Å²) in [5.41, 5.74) is 4.38. The second kappa shape index (κ2) is 5.80. The van der Waals surface area contributed by atoms with Crippen molar-refractivity contribution in [2.24, 2.45) is 5.84 Å². The Morgan fingerprint density at radius 1 is 1.17 bits per heavy atom. The van der Waals surface area contributed by atoms with Gasteiger partial charge in [-0.05, 0) is 35.4 Å². The first-order valence-corrected chi connectivity index (χ1v) is 6.45. The van der Waals surface area contributed by atoms with Crippen LogP contribution in [0.2, 0.25) is 5.02 Å². The highest BCUT2D eigenvalue weighted by atomic mass is 79.9. The van der Waals surface area contributed by atoms with Gasteiger partial charge < -0.3 is 0 Å². The topological polar surface area (TPSA) is 38.0 Å². The molecule has 0 heterocycles. The van der Waals surface area contributed by atoms with Crippen LogP contribution in [0.3, 0.4) is 0 Å². The molecule has 0 aromatic heterocycles. The van der Waals surface area contributed by atoms with Crippen LogP contribution in [0.25, 0.3) is 0 Å². The van der Waals surface area contributed by atoms with E-state index in [1.807, 2.05) is 12.1 Å². The molecule has 2 rings (SSSR count). The van der Waals surface area contributed by atoms with Gasteiger partial charge in [-0.15, -0.1) is 0 Å². The highest BCUT2D eigenvalue weighted by Gasteiger charge is 2.15. The number of nitrogens with two attached hydrogens (primary N) is 1. The normalized spacial score (nSPS) is 12.4. The average Bonchev–Trinajstić information content (AvgIpc) is 2.35. The van der Waals surface area contributed by atoms with E-state index in [1.54, 1.807) is 18.2 Å². The smallest absolute Gasteiger partial charge is 0.123 e. The Kier molecular flexibility index (Phi) is 4.35. The maximum atomic E-state index is 12.9. The zero-order valence-corrected chi connectivity index (χ0v) is 11.7. The number of hydrogen-bond acceptors (Lipinski definition) is 2. The zero-order valence-electron chi connectivity index (χ0n) is 9.33. The molecule has 2 aromatic rings. The van der Waals surface area contributed by atoms with Crippen molar-refractivity contribution in [1.82, 2.24) is 5.43 Å². The first kappa shape index (κ1) is 13.5. The second-order valence-electron chi connectivity index (χ2n) is 3.82. The van der Waals surface area contributed by atoms with E-state index in [-0.39, 0.29) is 11.9 Å². The molecule has 0 aliphatic carbocycles. The summed E-state index contributed by atoms with van der Waals surface area (Å²) >= 11 is 9.53. The van der Waals surface area contributed by atoms with Gasteiger partial charge in [0.2, 0.25) is 0 Å². The van der Waals surface area contributed by atoms with Crippen LogP contribution >= 0.6 is 27.5 Å². The average molecular weight is 330 g/mol. The maximum Gasteiger partial charge on any atom is 0.123 e. The number of hydrogen-bond donors (Lipinski definition) is 2. The largest absolute Gasteiger partial charge is 0.271 e. The van der Waals surface area contributed by atoms with Crippen molar-refractivity contribution in [3.8, 4) is 0 Å². The molecule has 0 aliphatic heterocycles. The van der Waals surface area contributed by atoms with Gasteiger partial charge in [0.1, 0.15) is 5.82 Å². The summed E-state index contributed by atoms with van der Waals surface area (Å²) in [6.07, 6.45) is 0. The molecule has 5 heteroatoms. The molecule has 0 fully saturated rings. The standard InChI is InChI=1S/C13H11BrClFN2/c14-9-3-6-11(12(15)7-9)13(18-17)8-1-4-10(16)5-2-8/h1-7,13,18H,17H2. The van der Waals surface area contributed by atoms with E-state index in [0.717, 1.165) is 15.6 Å². The van der Waals surface area contributed by atoms with Crippen LogP contribution < -0.4 is 11.3 Å². The van der Waals surface area contributed by atoms with Gasteiger partial charge in [0.15, 0.2) is 0 Å². The Morgan fingerprint density at radius 2 is 1.83 bits per heavy atom. The molecule has 2 aromatic carbocycles. The summed E-state index contributed by atoms with van der Waals surface area (Å²) in [4.78, 5) is 0. The molecule has 0 radical (unpaired) electrons. The second-order valence-corrected chi connectivity index (χ2v) is 5.14. The van der Waals surface area contributed by atoms with Crippen LogP contribution in [-0.4, -0.2) is 0 Å². The summed E-state index contributed by atoms with van der Waals surface area (Å²) in [5, 5.41) is 0.594. The fraction of sp³-hybridized carbons (Fsp3) is 0.0769. The third-order valence-corrected chi connectivity index (χ3v) is 3.46. The predicted octanol–water partition coefficient (Wildman–Crippen LogP) is 3.79. The molecule has 18 heavy (non-hydrogen) atoms. The van der Waals surface area contributed by atoms with Crippen LogP contribution in [0.5, 0.6) is 0 Å². The van der Waals surface area contributed by atoms with Crippen LogP contribution in [-0.2, 0) is 0 Å². The first-order valence-electron chi connectivity index (χ1n) is 5.28. The fourth-order valence-electron chi connectivity index (χ4n) is 1.76. The summed E-state index contributed by atoms with van der Waals surface area (Å²) in [6.45, 7) is 0. The predicted molar refractivity (Wildman–Crippen MR) is 74.7 cm³/mol. The highest BCUT2D eigenvalue weighted by Crippen LogP contribution is 2.30. The van der Waals surface area contributed by atoms with Crippen molar-refractivity contribution >= 4 is 27.5 Å². The van der Waals surface area contributed by atoms with Crippen molar-refractivity contribution in [3.05, 3.63) is 68.9 Å². The lowest BCUT2D eigenvalue weighted by atomic mass is 9.99. The highest BCUT2D eigenvalue weighted by molar-refractivity contribution is 9.10. The summed E-state index contributed by atoms with van der Waals surface area (Å²) in [7, 11) is 0. The molecule has 0 bridgehead atoms. The van der Waals surface area contributed by atoms with Crippen molar-refractivity contribution in [2.75, 3.05) is 0 Å². The molecule has 0 saturated heterocycles. The number of rotatable bonds is 3. The molecule has 1 atom stereocenters. The van der Waals surface area contributed by atoms with Crippen LogP contribution in [0.15, 0.2) is 46.9 Å². The minimum atomic E-state index is -0.281. The molecule has 0 aliphatic rings. The van der Waals surface area contributed by atoms with Crippen LogP contribution in [0.4, 0.5) is 4.39 Å². The minimum Gasteiger partial charge on any atom is -0.271 e. The zero-order chi connectivity index (χ0) is 13.1. The molecular formula is C13H11BrClFN2. The Hall–Kier alpha value is -0.940. The van der Waals surface area contributed by atoms with Crippen molar-refractivity contribution in [3.63, 3.8) is 0 Å². The third kappa shape index (κ3) is 2.90. The third-order valence-electron chi connectivity index (χ3n) is 2.64. The van der Waals surface area contributed by atoms with Gasteiger partial charge in [0.05, 0.1) is 6.04 Å². The Labute approximate surface area is 118 Å². The monoisotopic (exact) mass is 328 g/mol. The van der Waals surface area contributed by atoms with Gasteiger partial charge in [-0.2, -0.15) is 0 Å². The number of benzene rings is 2. The molecule has 1 unspecified atom stereocenters. The van der Waals surface area contributed by atoms with Gasteiger partial charge in [-0.3, -0.25) is 5.84 Å². The number of nitrogens with one attached hydrogen (secondary N) is 1. The van der Waals surface area contributed by atoms with Gasteiger partial charge in [-0.1, -0.05) is 45.7 Å². The van der Waals surface area contributed by atoms with Crippen LogP contribution in [0, 0.1) is 5.82 Å². The van der Waals surface area contributed by atoms with E-state index in [2.05, 4.69) is 21.4 Å². The van der Waals surface area contributed by atoms with E-state index in [0.29, 0.717) is 5.02 Å². The molecular weight excluding hydrogens is 319 g/mol. The Morgan fingerprint density at radius 3 is 2.39 bits per heavy atom. The van der Waals surface area contributed by atoms with Gasteiger partial charge >= 0.3 is 0 Å². The summed E-state index contributed by atoms with van der Waals surface area (Å²) in [5.74, 6) is 5.29. The lowest BCUT2D eigenvalue weighted by molar-refractivity contribution is 0.615.